The smallest absolute Gasteiger partial charge is 0.210 e. The van der Waals surface area contributed by atoms with Crippen LogP contribution in [0.15, 0.2) is 59.8 Å². The Hall–Kier alpha value is -2.47. The zero-order valence-corrected chi connectivity index (χ0v) is 16.1. The van der Waals surface area contributed by atoms with Gasteiger partial charge in [0.2, 0.25) is 5.16 Å². The minimum atomic E-state index is 0.236. The normalized spacial score (nSPS) is 12.3. The van der Waals surface area contributed by atoms with Gasteiger partial charge in [-0.3, -0.25) is 0 Å². The highest BCUT2D eigenvalue weighted by Gasteiger charge is 2.15. The zero-order valence-electron chi connectivity index (χ0n) is 15.3. The van der Waals surface area contributed by atoms with E-state index in [1.165, 1.54) is 15.8 Å². The van der Waals surface area contributed by atoms with Crippen LogP contribution in [0.2, 0.25) is 0 Å². The molecule has 136 valence electrons. The van der Waals surface area contributed by atoms with Crippen LogP contribution in [0.5, 0.6) is 5.75 Å². The van der Waals surface area contributed by atoms with Gasteiger partial charge < -0.3 is 10.6 Å². The molecule has 0 aliphatic heterocycles. The summed E-state index contributed by atoms with van der Waals surface area (Å²) in [6.45, 7) is 6.75. The molecule has 0 saturated heterocycles. The van der Waals surface area contributed by atoms with Gasteiger partial charge in [-0.2, -0.15) is 0 Å². The lowest BCUT2D eigenvalue weighted by Crippen LogP contribution is -2.16. The number of nitrogen functional groups attached to an aromatic ring is 1. The molecule has 0 aliphatic carbocycles. The Labute approximate surface area is 158 Å². The molecular weight excluding hydrogens is 344 g/mol. The molecule has 1 heterocycles. The Morgan fingerprint density at radius 3 is 2.31 bits per heavy atom. The van der Waals surface area contributed by atoms with Crippen LogP contribution in [0.1, 0.15) is 48.9 Å². The third kappa shape index (κ3) is 4.38. The lowest BCUT2D eigenvalue weighted by molar-refractivity contribution is 0.291. The SMILES string of the molecule is CC(C)c1ccc(OCc2nnc(SC(C)c3ccccc3)n2N)cc1. The van der Waals surface area contributed by atoms with Crippen LogP contribution in [-0.4, -0.2) is 14.9 Å². The van der Waals surface area contributed by atoms with E-state index in [4.69, 9.17) is 10.6 Å². The summed E-state index contributed by atoms with van der Waals surface area (Å²) in [6, 6.07) is 18.4. The molecule has 0 spiro atoms. The fraction of sp³-hybridized carbons (Fsp3) is 0.300. The standard InChI is InChI=1S/C20H24N4OS/c1-14(2)16-9-11-18(12-10-16)25-13-19-22-23-20(24(19)21)26-15(3)17-7-5-4-6-8-17/h4-12,14-15H,13,21H2,1-3H3. The maximum absolute atomic E-state index is 6.15. The quantitative estimate of drug-likeness (QED) is 0.490. The molecule has 0 amide bonds. The molecule has 3 rings (SSSR count). The van der Waals surface area contributed by atoms with Gasteiger partial charge in [-0.25, -0.2) is 4.68 Å². The Morgan fingerprint density at radius 2 is 1.65 bits per heavy atom. The van der Waals surface area contributed by atoms with Crippen LogP contribution in [-0.2, 0) is 6.61 Å². The van der Waals surface area contributed by atoms with Crippen LogP contribution in [0.25, 0.3) is 0 Å². The molecule has 0 radical (unpaired) electrons. The zero-order chi connectivity index (χ0) is 18.5. The van der Waals surface area contributed by atoms with Crippen LogP contribution < -0.4 is 10.6 Å². The molecule has 0 fully saturated rings. The van der Waals surface area contributed by atoms with Crippen molar-refractivity contribution in [3.63, 3.8) is 0 Å². The van der Waals surface area contributed by atoms with E-state index in [1.807, 2.05) is 30.3 Å². The van der Waals surface area contributed by atoms with Crippen molar-refractivity contribution in [2.75, 3.05) is 5.84 Å². The lowest BCUT2D eigenvalue weighted by Gasteiger charge is -2.11. The molecule has 26 heavy (non-hydrogen) atoms. The van der Waals surface area contributed by atoms with Gasteiger partial charge >= 0.3 is 0 Å². The number of aromatic nitrogens is 3. The summed E-state index contributed by atoms with van der Waals surface area (Å²) in [5.41, 5.74) is 2.51. The minimum Gasteiger partial charge on any atom is -0.486 e. The first-order valence-electron chi connectivity index (χ1n) is 8.68. The average Bonchev–Trinajstić information content (AvgIpc) is 3.00. The van der Waals surface area contributed by atoms with Crippen LogP contribution >= 0.6 is 11.8 Å². The number of benzene rings is 2. The second kappa shape index (κ2) is 8.27. The summed E-state index contributed by atoms with van der Waals surface area (Å²) < 4.78 is 7.30. The van der Waals surface area contributed by atoms with Crippen molar-refractivity contribution in [3.8, 4) is 5.75 Å². The Morgan fingerprint density at radius 1 is 0.962 bits per heavy atom. The predicted octanol–water partition coefficient (Wildman–Crippen LogP) is 4.55. The molecule has 0 aliphatic rings. The highest BCUT2D eigenvalue weighted by atomic mass is 32.2. The van der Waals surface area contributed by atoms with Crippen molar-refractivity contribution in [2.24, 2.45) is 0 Å². The number of rotatable bonds is 7. The van der Waals surface area contributed by atoms with Gasteiger partial charge in [-0.15, -0.1) is 10.2 Å². The van der Waals surface area contributed by atoms with E-state index in [0.717, 1.165) is 5.75 Å². The number of nitrogens with two attached hydrogens (primary N) is 1. The summed E-state index contributed by atoms with van der Waals surface area (Å²) in [4.78, 5) is 0. The van der Waals surface area contributed by atoms with Gasteiger partial charge in [0.1, 0.15) is 12.4 Å². The topological polar surface area (TPSA) is 66.0 Å². The minimum absolute atomic E-state index is 0.236. The molecule has 0 bridgehead atoms. The highest BCUT2D eigenvalue weighted by molar-refractivity contribution is 7.99. The van der Waals surface area contributed by atoms with E-state index >= 15 is 0 Å². The Balaban J connectivity index is 1.62. The van der Waals surface area contributed by atoms with Gasteiger partial charge in [0.15, 0.2) is 5.82 Å². The number of ether oxygens (including phenoxy) is 1. The second-order valence-corrected chi connectivity index (χ2v) is 7.76. The molecule has 5 nitrogen and oxygen atoms in total. The van der Waals surface area contributed by atoms with E-state index in [9.17, 15) is 0 Å². The third-order valence-corrected chi connectivity index (χ3v) is 5.32. The fourth-order valence-electron chi connectivity index (χ4n) is 2.53. The Bertz CT molecular complexity index is 831. The van der Waals surface area contributed by atoms with E-state index < -0.39 is 0 Å². The molecule has 3 aromatic rings. The second-order valence-electron chi connectivity index (χ2n) is 6.45. The van der Waals surface area contributed by atoms with E-state index in [-0.39, 0.29) is 11.9 Å². The molecule has 6 heteroatoms. The maximum atomic E-state index is 6.15. The molecule has 2 aromatic carbocycles. The number of hydrogen-bond acceptors (Lipinski definition) is 5. The Kier molecular flexibility index (Phi) is 5.83. The van der Waals surface area contributed by atoms with E-state index in [1.54, 1.807) is 11.8 Å². The van der Waals surface area contributed by atoms with Gasteiger partial charge in [-0.1, -0.05) is 68.1 Å². The third-order valence-electron chi connectivity index (χ3n) is 4.20. The molecular formula is C20H24N4OS. The van der Waals surface area contributed by atoms with E-state index in [2.05, 4.69) is 55.2 Å². The molecule has 0 saturated carbocycles. The first-order valence-corrected chi connectivity index (χ1v) is 9.56. The van der Waals surface area contributed by atoms with Crippen LogP contribution in [0.4, 0.5) is 0 Å². The molecule has 1 aromatic heterocycles. The molecule has 2 N–H and O–H groups in total. The van der Waals surface area contributed by atoms with Gasteiger partial charge in [0.05, 0.1) is 0 Å². The maximum Gasteiger partial charge on any atom is 0.210 e. The van der Waals surface area contributed by atoms with Crippen LogP contribution in [0.3, 0.4) is 0 Å². The van der Waals surface area contributed by atoms with Crippen molar-refractivity contribution >= 4 is 11.8 Å². The van der Waals surface area contributed by atoms with Crippen molar-refractivity contribution in [3.05, 3.63) is 71.5 Å². The highest BCUT2D eigenvalue weighted by Crippen LogP contribution is 2.33. The lowest BCUT2D eigenvalue weighted by atomic mass is 10.0. The summed E-state index contributed by atoms with van der Waals surface area (Å²) in [5, 5.41) is 9.28. The van der Waals surface area contributed by atoms with Crippen molar-refractivity contribution in [2.45, 2.75) is 43.7 Å². The molecule has 1 unspecified atom stereocenters. The van der Waals surface area contributed by atoms with Crippen molar-refractivity contribution < 1.29 is 4.74 Å². The first-order chi connectivity index (χ1) is 12.5. The predicted molar refractivity (Wildman–Crippen MR) is 106 cm³/mol. The fourth-order valence-corrected chi connectivity index (χ4v) is 3.45. The van der Waals surface area contributed by atoms with Crippen LogP contribution in [0, 0.1) is 0 Å². The number of thioether (sulfide) groups is 1. The number of nitrogens with zero attached hydrogens (tertiary/aromatic N) is 3. The van der Waals surface area contributed by atoms with Gasteiger partial charge in [0.25, 0.3) is 0 Å². The summed E-state index contributed by atoms with van der Waals surface area (Å²) >= 11 is 1.58. The largest absolute Gasteiger partial charge is 0.486 e. The summed E-state index contributed by atoms with van der Waals surface area (Å²) in [6.07, 6.45) is 0. The van der Waals surface area contributed by atoms with Crippen molar-refractivity contribution in [1.82, 2.24) is 14.9 Å². The number of hydrogen-bond donors (Lipinski definition) is 1. The van der Waals surface area contributed by atoms with Gasteiger partial charge in [0, 0.05) is 5.25 Å². The summed E-state index contributed by atoms with van der Waals surface area (Å²) in [7, 11) is 0. The average molecular weight is 369 g/mol. The van der Waals surface area contributed by atoms with Crippen molar-refractivity contribution in [1.29, 1.82) is 0 Å². The monoisotopic (exact) mass is 368 g/mol. The molecule has 1 atom stereocenters. The van der Waals surface area contributed by atoms with E-state index in [0.29, 0.717) is 16.9 Å². The first kappa shape index (κ1) is 18.3. The van der Waals surface area contributed by atoms with Gasteiger partial charge in [-0.05, 0) is 36.1 Å². The summed E-state index contributed by atoms with van der Waals surface area (Å²) in [5.74, 6) is 8.04.